The average molecular weight is 1570 g/mol. The molecule has 0 saturated heterocycles. The highest BCUT2D eigenvalue weighted by Gasteiger charge is 2.42. The number of nitriles is 1. The van der Waals surface area contributed by atoms with Gasteiger partial charge < -0.3 is 9.13 Å². The van der Waals surface area contributed by atoms with Gasteiger partial charge in [-0.05, 0) is 48.5 Å². The van der Waals surface area contributed by atoms with Crippen molar-refractivity contribution in [1.82, 2.24) is 68.9 Å². The van der Waals surface area contributed by atoms with Crippen molar-refractivity contribution < 1.29 is 26.3 Å². The second kappa shape index (κ2) is 29.9. The van der Waals surface area contributed by atoms with E-state index in [9.17, 15) is 5.26 Å². The molecule has 20 rings (SSSR count). The summed E-state index contributed by atoms with van der Waals surface area (Å²) in [5.74, 6) is 3.76. The number of hydrogen-bond acceptors (Lipinski definition) is 13. The van der Waals surface area contributed by atoms with E-state index in [1.165, 1.54) is 12.1 Å². The molecule has 20 aromatic rings. The molecule has 21 heteroatoms. The summed E-state index contributed by atoms with van der Waals surface area (Å²) < 4.78 is 101. The topological polar surface area (TPSA) is 188 Å². The van der Waals surface area contributed by atoms with Crippen LogP contribution in [0.4, 0.5) is 26.3 Å². The monoisotopic (exact) mass is 1570 g/mol. The maximum Gasteiger partial charge on any atom is 0.417 e. The van der Waals surface area contributed by atoms with Gasteiger partial charge in [0.15, 0.2) is 69.9 Å². The van der Waals surface area contributed by atoms with Crippen LogP contribution in [0.2, 0.25) is 0 Å². The van der Waals surface area contributed by atoms with Crippen LogP contribution in [0.25, 0.3) is 203 Å². The summed E-state index contributed by atoms with van der Waals surface area (Å²) in [6.45, 7) is 0. The van der Waals surface area contributed by atoms with Crippen LogP contribution in [-0.2, 0) is 12.4 Å². The quantitative estimate of drug-likeness (QED) is 0.0883. The summed E-state index contributed by atoms with van der Waals surface area (Å²) in [4.78, 5) is 61.5. The van der Waals surface area contributed by atoms with E-state index in [4.69, 9.17) is 59.8 Å². The number of hydrogen-bond donors (Lipinski definition) is 0. The maximum absolute atomic E-state index is 16.3. The summed E-state index contributed by atoms with van der Waals surface area (Å²) in [5.41, 5.74) is 3.27. The normalized spacial score (nSPS) is 11.7. The Kier molecular flexibility index (Phi) is 18.1. The number of halogens is 6. The van der Waals surface area contributed by atoms with Crippen molar-refractivity contribution in [1.29, 1.82) is 5.26 Å². The summed E-state index contributed by atoms with van der Waals surface area (Å²) in [6, 6.07) is 105. The zero-order valence-electron chi connectivity index (χ0n) is 62.9. The molecule has 15 nitrogen and oxygen atoms in total. The molecule has 14 aromatic carbocycles. The van der Waals surface area contributed by atoms with Gasteiger partial charge in [-0.25, -0.2) is 59.8 Å². The molecule has 0 spiro atoms. The first kappa shape index (κ1) is 72.7. The van der Waals surface area contributed by atoms with E-state index in [-0.39, 0.29) is 34.7 Å². The van der Waals surface area contributed by atoms with Crippen LogP contribution in [0, 0.1) is 11.3 Å². The summed E-state index contributed by atoms with van der Waals surface area (Å²) >= 11 is 0. The van der Waals surface area contributed by atoms with Gasteiger partial charge in [0.05, 0.1) is 56.2 Å². The smallest absolute Gasteiger partial charge is 0.307 e. The SMILES string of the molecule is N#Cc1cc(-n2c3cc(-c4nc(-c5ccccc5)nc(-c5ccccc5)n4)ccc3c3ccc(-c4nc(-c5ccccc5)nc(-c5ccccc5)n4)cc32)c(-n2c3cc(-c4nc(-c5ccccc5)nc(-c5ccccc5)n4)ccc3c3ccc(-c4nc(-c5ccccc5)nc(-c5ccccc5)n4)cc32)cc1-c1c(C(F)(F)F)cccc1C(F)(F)F. The Bertz CT molecular complexity index is 6790. The third-order valence-electron chi connectivity index (χ3n) is 21.0. The fourth-order valence-electron chi connectivity index (χ4n) is 15.4. The fraction of sp³-hybridized carbons (Fsp3) is 0.0202. The summed E-state index contributed by atoms with van der Waals surface area (Å²) in [6.07, 6.45) is -10.8. The van der Waals surface area contributed by atoms with E-state index in [0.29, 0.717) is 169 Å². The van der Waals surface area contributed by atoms with Crippen LogP contribution < -0.4 is 0 Å². The first-order chi connectivity index (χ1) is 58.7. The molecule has 0 aliphatic heterocycles. The molecule has 0 N–H and O–H groups in total. The zero-order valence-corrected chi connectivity index (χ0v) is 62.9. The Balaban J connectivity index is 0.944. The standard InChI is InChI=1S/C99H57F6N15/c100-98(101,102)77-42-25-43-78(99(103,104)105)85(77)76-57-84(120-81-54-69(96-115-90(63-34-17-5-18-35-63)109-91(116-96)64-36-19-6-20-37-64)46-50-74(81)75-51-47-70(55-82(75)120)97-117-92(65-38-21-7-22-39-65)110-93(118-97)66-40-23-8-24-41-66)83(56-71(76)58-106)119-79-52-67(94-111-86(59-26-9-1-10-27-59)107-87(112-94)60-28-11-2-12-29-60)44-48-72(79)73-49-45-68(53-80(73)119)95-113-88(61-30-13-3-14-31-61)108-89(114-95)62-32-15-4-16-33-62/h1-57H. The van der Waals surface area contributed by atoms with Crippen LogP contribution >= 0.6 is 0 Å². The largest absolute Gasteiger partial charge is 0.417 e. The van der Waals surface area contributed by atoms with Crippen molar-refractivity contribution in [3.05, 3.63) is 362 Å². The van der Waals surface area contributed by atoms with Gasteiger partial charge in [0.2, 0.25) is 0 Å². The number of alkyl halides is 6. The lowest BCUT2D eigenvalue weighted by Gasteiger charge is -2.23. The minimum absolute atomic E-state index is 0.00928. The van der Waals surface area contributed by atoms with Crippen molar-refractivity contribution in [2.75, 3.05) is 0 Å². The molecule has 0 fully saturated rings. The average Bonchev–Trinajstić information content (AvgIpc) is 1.53. The Morgan fingerprint density at radius 3 is 0.617 bits per heavy atom. The molecule has 0 saturated carbocycles. The van der Waals surface area contributed by atoms with Crippen molar-refractivity contribution in [3.63, 3.8) is 0 Å². The lowest BCUT2D eigenvalue weighted by molar-refractivity contribution is -0.142. The van der Waals surface area contributed by atoms with Crippen molar-refractivity contribution in [3.8, 4) is 165 Å². The maximum atomic E-state index is 16.3. The second-order valence-electron chi connectivity index (χ2n) is 28.5. The highest BCUT2D eigenvalue weighted by atomic mass is 19.4. The first-order valence-corrected chi connectivity index (χ1v) is 38.2. The van der Waals surface area contributed by atoms with E-state index >= 15 is 26.3 Å². The number of aromatic nitrogens is 14. The molecule has 6 aromatic heterocycles. The van der Waals surface area contributed by atoms with Gasteiger partial charge in [0.25, 0.3) is 0 Å². The van der Waals surface area contributed by atoms with Gasteiger partial charge in [-0.15, -0.1) is 0 Å². The molecule has 6 heterocycles. The van der Waals surface area contributed by atoms with Gasteiger partial charge >= 0.3 is 12.4 Å². The minimum Gasteiger partial charge on any atom is -0.307 e. The van der Waals surface area contributed by atoms with E-state index in [1.54, 1.807) is 4.57 Å². The van der Waals surface area contributed by atoms with Crippen molar-refractivity contribution in [2.24, 2.45) is 0 Å². The Labute approximate surface area is 680 Å². The first-order valence-electron chi connectivity index (χ1n) is 38.2. The predicted molar refractivity (Wildman–Crippen MR) is 454 cm³/mol. The van der Waals surface area contributed by atoms with Gasteiger partial charge in [-0.1, -0.05) is 297 Å². The molecule has 0 aliphatic rings. The second-order valence-corrected chi connectivity index (χ2v) is 28.5. The lowest BCUT2D eigenvalue weighted by atomic mass is 9.89. The van der Waals surface area contributed by atoms with Crippen LogP contribution in [0.3, 0.4) is 0 Å². The van der Waals surface area contributed by atoms with Crippen LogP contribution in [0.15, 0.2) is 346 Å². The number of nitrogens with zero attached hydrogens (tertiary/aromatic N) is 15. The molecule has 570 valence electrons. The summed E-state index contributed by atoms with van der Waals surface area (Å²) in [7, 11) is 0. The van der Waals surface area contributed by atoms with E-state index < -0.39 is 40.2 Å². The third-order valence-corrected chi connectivity index (χ3v) is 21.0. The van der Waals surface area contributed by atoms with Gasteiger partial charge in [0.1, 0.15) is 0 Å². The summed E-state index contributed by atoms with van der Waals surface area (Å²) in [5, 5.41) is 14.3. The molecular weight excluding hydrogens is 1510 g/mol. The molecule has 0 aliphatic carbocycles. The fourth-order valence-corrected chi connectivity index (χ4v) is 15.4. The highest BCUT2D eigenvalue weighted by molar-refractivity contribution is 6.14. The zero-order chi connectivity index (χ0) is 81.2. The van der Waals surface area contributed by atoms with E-state index in [0.717, 1.165) is 6.07 Å². The van der Waals surface area contributed by atoms with Crippen molar-refractivity contribution >= 4 is 43.6 Å². The molecule has 0 unspecified atom stereocenters. The van der Waals surface area contributed by atoms with Gasteiger partial charge in [-0.3, -0.25) is 0 Å². The molecule has 120 heavy (non-hydrogen) atoms. The van der Waals surface area contributed by atoms with Gasteiger partial charge in [-0.2, -0.15) is 31.6 Å². The Morgan fingerprint density at radius 1 is 0.217 bits per heavy atom. The highest BCUT2D eigenvalue weighted by Crippen LogP contribution is 2.50. The van der Waals surface area contributed by atoms with Crippen LogP contribution in [0.5, 0.6) is 0 Å². The van der Waals surface area contributed by atoms with Crippen LogP contribution in [0.1, 0.15) is 16.7 Å². The Morgan fingerprint density at radius 2 is 0.417 bits per heavy atom. The predicted octanol–water partition coefficient (Wildman–Crippen LogP) is 24.2. The Hall–Kier alpha value is -16.2. The van der Waals surface area contributed by atoms with Crippen LogP contribution in [-0.4, -0.2) is 68.9 Å². The minimum atomic E-state index is -5.41. The molecular formula is C99H57F6N15. The lowest BCUT2D eigenvalue weighted by Crippen LogP contribution is -2.15. The van der Waals surface area contributed by atoms with Crippen molar-refractivity contribution in [2.45, 2.75) is 12.4 Å². The molecule has 0 amide bonds. The number of benzene rings is 14. The number of rotatable bonds is 15. The molecule has 0 bridgehead atoms. The molecule has 0 radical (unpaired) electrons. The third kappa shape index (κ3) is 13.6. The number of fused-ring (bicyclic) bond motifs is 6. The molecule has 0 atom stereocenters. The van der Waals surface area contributed by atoms with E-state index in [2.05, 4.69) is 6.07 Å². The van der Waals surface area contributed by atoms with E-state index in [1.807, 2.05) is 320 Å². The van der Waals surface area contributed by atoms with Gasteiger partial charge in [0, 0.05) is 99.4 Å².